The molecule has 0 unspecified atom stereocenters. The fourth-order valence-electron chi connectivity index (χ4n) is 18.8. The highest BCUT2D eigenvalue weighted by molar-refractivity contribution is 6.13. The summed E-state index contributed by atoms with van der Waals surface area (Å²) in [6, 6.07) is 142. The van der Waals surface area contributed by atoms with E-state index in [4.69, 9.17) is 43.2 Å². The van der Waals surface area contributed by atoms with Crippen LogP contribution in [0.25, 0.3) is 243 Å². The molecule has 0 radical (unpaired) electrons. The number of benzene rings is 18. The lowest BCUT2D eigenvalue weighted by Gasteiger charge is -2.22. The van der Waals surface area contributed by atoms with Gasteiger partial charge in [0.15, 0.2) is 5.82 Å². The summed E-state index contributed by atoms with van der Waals surface area (Å²) in [6.07, 6.45) is 1.86. The largest absolute Gasteiger partial charge is 0.456 e. The van der Waals surface area contributed by atoms with Crippen molar-refractivity contribution in [2.75, 3.05) is 0 Å². The molecule has 0 atom stereocenters. The third-order valence-corrected chi connectivity index (χ3v) is 25.2. The first-order chi connectivity index (χ1) is 62.1. The van der Waals surface area contributed by atoms with Crippen molar-refractivity contribution >= 4 is 131 Å². The van der Waals surface area contributed by atoms with E-state index in [0.717, 1.165) is 183 Å². The highest BCUT2D eigenvalue weighted by Gasteiger charge is 2.36. The van der Waals surface area contributed by atoms with Gasteiger partial charge in [-0.3, -0.25) is 4.98 Å². The van der Waals surface area contributed by atoms with Crippen molar-refractivity contribution in [2.24, 2.45) is 0 Å². The Morgan fingerprint density at radius 3 is 1.35 bits per heavy atom. The van der Waals surface area contributed by atoms with Crippen LogP contribution in [0.4, 0.5) is 0 Å². The quantitative estimate of drug-likeness (QED) is 0.139. The maximum Gasteiger partial charge on any atom is 0.160 e. The minimum Gasteiger partial charge on any atom is -0.456 e. The Morgan fingerprint density at radius 1 is 0.206 bits per heavy atom. The van der Waals surface area contributed by atoms with E-state index in [1.165, 1.54) is 71.3 Å². The molecule has 0 amide bonds. The summed E-state index contributed by atoms with van der Waals surface area (Å²) < 4.78 is 18.3. The maximum absolute atomic E-state index is 6.14. The topological polar surface area (TPSA) is 117 Å². The highest BCUT2D eigenvalue weighted by atomic mass is 16.3. The predicted octanol–water partition coefficient (Wildman–Crippen LogP) is 31.4. The van der Waals surface area contributed by atoms with E-state index in [9.17, 15) is 0 Å². The molecule has 126 heavy (non-hydrogen) atoms. The predicted molar refractivity (Wildman–Crippen MR) is 519 cm³/mol. The molecule has 0 N–H and O–H groups in total. The molecule has 0 aliphatic heterocycles. The molecular weight excluding hydrogens is 1540 g/mol. The Labute approximate surface area is 724 Å². The van der Waals surface area contributed by atoms with E-state index >= 15 is 0 Å². The Balaban J connectivity index is 0.000000106. The highest BCUT2D eigenvalue weighted by Crippen LogP contribution is 2.52. The fraction of sp³-hybridized carbons (Fsp3) is 0.0256. The molecule has 18 aromatic carbocycles. The van der Waals surface area contributed by atoms with Gasteiger partial charge < -0.3 is 13.3 Å². The smallest absolute Gasteiger partial charge is 0.160 e. The number of pyridine rings is 2. The van der Waals surface area contributed by atoms with Crippen molar-refractivity contribution in [3.05, 3.63) is 424 Å². The summed E-state index contributed by atoms with van der Waals surface area (Å²) in [4.78, 5) is 30.5. The molecule has 9 heteroatoms. The average molecular weight is 1610 g/mol. The number of hydrogen-bond donors (Lipinski definition) is 0. The van der Waals surface area contributed by atoms with Crippen LogP contribution in [0.3, 0.4) is 0 Å². The van der Waals surface area contributed by atoms with Gasteiger partial charge in [-0.2, -0.15) is 0 Å². The first kappa shape index (κ1) is 73.3. The first-order valence-electron chi connectivity index (χ1n) is 42.6. The monoisotopic (exact) mass is 1610 g/mol. The number of furan rings is 3. The molecule has 0 saturated heterocycles. The zero-order valence-corrected chi connectivity index (χ0v) is 68.7. The molecule has 590 valence electrons. The van der Waals surface area contributed by atoms with Gasteiger partial charge in [-0.1, -0.05) is 287 Å². The third kappa shape index (κ3) is 12.9. The number of para-hydroxylation sites is 5. The van der Waals surface area contributed by atoms with Crippen molar-refractivity contribution < 1.29 is 13.3 Å². The normalized spacial score (nSPS) is 12.3. The van der Waals surface area contributed by atoms with Gasteiger partial charge in [-0.15, -0.1) is 0 Å². The minimum atomic E-state index is -0.121. The van der Waals surface area contributed by atoms with Gasteiger partial charge >= 0.3 is 0 Å². The van der Waals surface area contributed by atoms with Crippen LogP contribution in [0.15, 0.2) is 426 Å². The van der Waals surface area contributed by atoms with E-state index in [1.807, 2.05) is 115 Å². The molecule has 1 aliphatic carbocycles. The molecule has 7 aromatic heterocycles. The SMILES string of the molecule is CC1(C)c2cc(-c3nc(-c4ccc5oc6ccccc6c5c4)cc4ncccc34)ccc2-c2cc3ccccc3cc21.c1ccc(-c2nc(-c3ccc4ccccc4c3)c3ccc(-c4ccc(-c5cccc6oc7ccccc7c56)cc4)cc3n2)cc1.c1ccc2cc(-c3ccc(-c4nc5ccccc5nc4-c4ccc5oc6ccccc6c5c4)cc3)ccc2c1. The van der Waals surface area contributed by atoms with E-state index in [-0.39, 0.29) is 5.41 Å². The average Bonchev–Trinajstić information content (AvgIpc) is 1.56. The summed E-state index contributed by atoms with van der Waals surface area (Å²) in [5, 5.41) is 16.2. The van der Waals surface area contributed by atoms with Gasteiger partial charge in [0.1, 0.15) is 33.5 Å². The molecule has 9 nitrogen and oxygen atoms in total. The number of rotatable bonds is 9. The third-order valence-electron chi connectivity index (χ3n) is 25.2. The Kier molecular flexibility index (Phi) is 17.4. The van der Waals surface area contributed by atoms with Gasteiger partial charge in [0.2, 0.25) is 0 Å². The van der Waals surface area contributed by atoms with E-state index in [0.29, 0.717) is 0 Å². The molecule has 1 aliphatic rings. The maximum atomic E-state index is 6.14. The van der Waals surface area contributed by atoms with Gasteiger partial charge in [-0.05, 0) is 221 Å². The van der Waals surface area contributed by atoms with Crippen LogP contribution in [0.2, 0.25) is 0 Å². The van der Waals surface area contributed by atoms with Crippen molar-refractivity contribution in [2.45, 2.75) is 19.3 Å². The van der Waals surface area contributed by atoms with Crippen molar-refractivity contribution in [3.63, 3.8) is 0 Å². The molecule has 0 spiro atoms. The lowest BCUT2D eigenvalue weighted by Crippen LogP contribution is -2.15. The molecule has 7 heterocycles. The van der Waals surface area contributed by atoms with E-state index in [1.54, 1.807) is 0 Å². The lowest BCUT2D eigenvalue weighted by molar-refractivity contribution is 0.661. The van der Waals surface area contributed by atoms with Crippen LogP contribution in [-0.4, -0.2) is 29.9 Å². The molecule has 26 rings (SSSR count). The van der Waals surface area contributed by atoms with E-state index < -0.39 is 0 Å². The lowest BCUT2D eigenvalue weighted by atomic mass is 9.81. The number of fused-ring (bicyclic) bond motifs is 18. The summed E-state index contributed by atoms with van der Waals surface area (Å²) in [5.74, 6) is 0.721. The van der Waals surface area contributed by atoms with Gasteiger partial charge in [-0.25, -0.2) is 24.9 Å². The van der Waals surface area contributed by atoms with Crippen LogP contribution < -0.4 is 0 Å². The zero-order valence-electron chi connectivity index (χ0n) is 68.7. The van der Waals surface area contributed by atoms with Gasteiger partial charge in [0, 0.05) is 88.1 Å². The van der Waals surface area contributed by atoms with Crippen LogP contribution in [0.5, 0.6) is 0 Å². The van der Waals surface area contributed by atoms with Crippen LogP contribution >= 0.6 is 0 Å². The Bertz CT molecular complexity index is 8700. The number of hydrogen-bond acceptors (Lipinski definition) is 9. The second-order valence-electron chi connectivity index (χ2n) is 33.1. The Hall–Kier alpha value is -16.6. The van der Waals surface area contributed by atoms with Gasteiger partial charge in [0.05, 0.1) is 50.5 Å². The Morgan fingerprint density at radius 2 is 0.659 bits per heavy atom. The van der Waals surface area contributed by atoms with Crippen molar-refractivity contribution in [1.29, 1.82) is 0 Å². The van der Waals surface area contributed by atoms with Crippen molar-refractivity contribution in [3.8, 4) is 112 Å². The first-order valence-corrected chi connectivity index (χ1v) is 42.6. The summed E-state index contributed by atoms with van der Waals surface area (Å²) in [6.45, 7) is 4.67. The van der Waals surface area contributed by atoms with Crippen LogP contribution in [0, 0.1) is 0 Å². The number of nitrogens with zero attached hydrogens (tertiary/aromatic N) is 6. The molecule has 0 bridgehead atoms. The second kappa shape index (κ2) is 29.9. The van der Waals surface area contributed by atoms with Crippen LogP contribution in [-0.2, 0) is 5.41 Å². The summed E-state index contributed by atoms with van der Waals surface area (Å²) >= 11 is 0. The zero-order chi connectivity index (χ0) is 83.5. The molecule has 25 aromatic rings. The molecule has 0 fully saturated rings. The summed E-state index contributed by atoms with van der Waals surface area (Å²) in [7, 11) is 0. The van der Waals surface area contributed by atoms with E-state index in [2.05, 4.69) is 311 Å². The molecular formula is C117H74N6O3. The standard InChI is InChI=1S/C42H26N2O.C39H26N2O.C36H22N2O/c1-2-10-30(11-3-1)42-43-37-26-32(23-24-35(37)41(44-42)33-22-19-27-9-4-5-12-31(27)25-33)28-17-20-29(21-18-28)34-14-8-16-39-40(34)36-13-6-7-15-38(36)45-39;1-39(2)32-21-26(13-15-27(32)30-18-23-8-3-4-9-24(23)20-33(30)39)38-29-11-7-17-40-35(29)22-34(41-38)25-14-16-37-31(19-25)28-10-5-6-12-36(28)42-37;1-2-8-26-21-27(18-15-23(26)7-1)24-13-16-25(17-14-24)35-36(38-32-11-5-4-10-31(32)37-35)28-19-20-34-30(22-28)29-9-3-6-12-33(29)39-34/h1-26H;3-22H,1-2H3;1-22H. The number of aromatic nitrogens is 6. The fourth-order valence-corrected chi connectivity index (χ4v) is 18.8. The summed E-state index contributed by atoms with van der Waals surface area (Å²) in [5.41, 5.74) is 31.9. The van der Waals surface area contributed by atoms with Gasteiger partial charge in [0.25, 0.3) is 0 Å². The minimum absolute atomic E-state index is 0.121. The second-order valence-corrected chi connectivity index (χ2v) is 33.1. The van der Waals surface area contributed by atoms with Crippen molar-refractivity contribution in [1.82, 2.24) is 29.9 Å². The molecule has 0 saturated carbocycles. The van der Waals surface area contributed by atoms with Crippen LogP contribution in [0.1, 0.15) is 25.0 Å².